The van der Waals surface area contributed by atoms with E-state index in [0.29, 0.717) is 55.7 Å². The summed E-state index contributed by atoms with van der Waals surface area (Å²) >= 11 is 0. The minimum absolute atomic E-state index is 0.0856. The Bertz CT molecular complexity index is 732. The van der Waals surface area contributed by atoms with Crippen LogP contribution in [-0.4, -0.2) is 44.2 Å². The van der Waals surface area contributed by atoms with E-state index >= 15 is 0 Å². The van der Waals surface area contributed by atoms with E-state index in [2.05, 4.69) is 0 Å². The molecule has 2 N–H and O–H groups in total. The first-order valence-corrected chi connectivity index (χ1v) is 8.74. The van der Waals surface area contributed by atoms with E-state index in [-0.39, 0.29) is 5.91 Å². The fraction of sp³-hybridized carbons (Fsp3) is 0.350. The Labute approximate surface area is 153 Å². The Balaban J connectivity index is 1.88. The van der Waals surface area contributed by atoms with Crippen LogP contribution >= 0.6 is 0 Å². The third-order valence-corrected chi connectivity index (χ3v) is 4.21. The SMILES string of the molecule is COc1cc(C(=O)N(CCCN)Cc2ccccc2)cc2c1OCCO2. The van der Waals surface area contributed by atoms with Gasteiger partial charge in [-0.25, -0.2) is 0 Å². The van der Waals surface area contributed by atoms with Crippen molar-refractivity contribution in [1.82, 2.24) is 4.90 Å². The highest BCUT2D eigenvalue weighted by molar-refractivity contribution is 5.95. The van der Waals surface area contributed by atoms with Crippen LogP contribution in [-0.2, 0) is 6.54 Å². The summed E-state index contributed by atoms with van der Waals surface area (Å²) in [6.07, 6.45) is 0.736. The summed E-state index contributed by atoms with van der Waals surface area (Å²) in [6.45, 7) is 2.56. The lowest BCUT2D eigenvalue weighted by Gasteiger charge is -2.25. The van der Waals surface area contributed by atoms with Gasteiger partial charge in [0.25, 0.3) is 5.91 Å². The van der Waals surface area contributed by atoms with E-state index in [4.69, 9.17) is 19.9 Å². The fourth-order valence-corrected chi connectivity index (χ4v) is 2.92. The molecule has 26 heavy (non-hydrogen) atoms. The van der Waals surface area contributed by atoms with Crippen molar-refractivity contribution in [3.63, 3.8) is 0 Å². The summed E-state index contributed by atoms with van der Waals surface area (Å²) < 4.78 is 16.6. The third kappa shape index (κ3) is 4.08. The lowest BCUT2D eigenvalue weighted by Crippen LogP contribution is -2.32. The summed E-state index contributed by atoms with van der Waals surface area (Å²) in [5.41, 5.74) is 7.24. The van der Waals surface area contributed by atoms with Crippen LogP contribution in [0.3, 0.4) is 0 Å². The van der Waals surface area contributed by atoms with Gasteiger partial charge in [0.2, 0.25) is 5.75 Å². The Morgan fingerprint density at radius 3 is 2.69 bits per heavy atom. The molecule has 3 rings (SSSR count). The Morgan fingerprint density at radius 1 is 1.19 bits per heavy atom. The van der Waals surface area contributed by atoms with Gasteiger partial charge in [0, 0.05) is 18.7 Å². The summed E-state index contributed by atoms with van der Waals surface area (Å²) in [6, 6.07) is 13.3. The van der Waals surface area contributed by atoms with Crippen LogP contribution in [0.25, 0.3) is 0 Å². The smallest absolute Gasteiger partial charge is 0.254 e. The highest BCUT2D eigenvalue weighted by Gasteiger charge is 2.23. The Kier molecular flexibility index (Phi) is 5.96. The molecule has 0 bridgehead atoms. The van der Waals surface area contributed by atoms with Crippen molar-refractivity contribution in [1.29, 1.82) is 0 Å². The minimum atomic E-state index is -0.0856. The van der Waals surface area contributed by atoms with Gasteiger partial charge in [0.1, 0.15) is 13.2 Å². The Hall–Kier alpha value is -2.73. The van der Waals surface area contributed by atoms with E-state index in [1.807, 2.05) is 30.3 Å². The van der Waals surface area contributed by atoms with Crippen molar-refractivity contribution in [2.24, 2.45) is 5.73 Å². The number of carbonyl (C=O) groups is 1. The minimum Gasteiger partial charge on any atom is -0.493 e. The molecule has 0 aliphatic carbocycles. The van der Waals surface area contributed by atoms with Crippen LogP contribution in [0.15, 0.2) is 42.5 Å². The molecule has 1 aliphatic rings. The number of amides is 1. The van der Waals surface area contributed by atoms with E-state index in [0.717, 1.165) is 12.0 Å². The molecule has 0 spiro atoms. The molecule has 0 atom stereocenters. The first-order valence-electron chi connectivity index (χ1n) is 8.74. The summed E-state index contributed by atoms with van der Waals surface area (Å²) in [5, 5.41) is 0. The molecule has 0 aromatic heterocycles. The van der Waals surface area contributed by atoms with Gasteiger partial charge >= 0.3 is 0 Å². The molecular weight excluding hydrogens is 332 g/mol. The molecule has 2 aromatic carbocycles. The van der Waals surface area contributed by atoms with Crippen LogP contribution in [0, 0.1) is 0 Å². The van der Waals surface area contributed by atoms with Gasteiger partial charge in [-0.2, -0.15) is 0 Å². The third-order valence-electron chi connectivity index (χ3n) is 4.21. The molecule has 0 radical (unpaired) electrons. The normalized spacial score (nSPS) is 12.5. The summed E-state index contributed by atoms with van der Waals surface area (Å²) in [5.74, 6) is 1.51. The molecule has 2 aromatic rings. The number of hydrogen-bond acceptors (Lipinski definition) is 5. The number of benzene rings is 2. The van der Waals surface area contributed by atoms with E-state index in [1.165, 1.54) is 0 Å². The Morgan fingerprint density at radius 2 is 1.96 bits per heavy atom. The van der Waals surface area contributed by atoms with Crippen LogP contribution < -0.4 is 19.9 Å². The van der Waals surface area contributed by atoms with Gasteiger partial charge in [-0.1, -0.05) is 30.3 Å². The fourth-order valence-electron chi connectivity index (χ4n) is 2.92. The zero-order valence-corrected chi connectivity index (χ0v) is 14.9. The second kappa shape index (κ2) is 8.58. The van der Waals surface area contributed by atoms with Gasteiger partial charge in [0.05, 0.1) is 7.11 Å². The number of nitrogens with two attached hydrogens (primary N) is 1. The highest BCUT2D eigenvalue weighted by atomic mass is 16.6. The zero-order valence-electron chi connectivity index (χ0n) is 14.9. The van der Waals surface area contributed by atoms with Crippen LogP contribution in [0.4, 0.5) is 0 Å². The number of rotatable bonds is 7. The average Bonchev–Trinajstić information content (AvgIpc) is 2.70. The second-order valence-corrected chi connectivity index (χ2v) is 6.06. The van der Waals surface area contributed by atoms with Gasteiger partial charge in [-0.15, -0.1) is 0 Å². The monoisotopic (exact) mass is 356 g/mol. The van der Waals surface area contributed by atoms with Crippen LogP contribution in [0.2, 0.25) is 0 Å². The molecule has 6 nitrogen and oxygen atoms in total. The molecule has 1 heterocycles. The van der Waals surface area contributed by atoms with Crippen molar-refractivity contribution in [2.75, 3.05) is 33.4 Å². The van der Waals surface area contributed by atoms with Crippen molar-refractivity contribution in [2.45, 2.75) is 13.0 Å². The quantitative estimate of drug-likeness (QED) is 0.825. The number of fused-ring (bicyclic) bond motifs is 1. The predicted molar refractivity (Wildman–Crippen MR) is 98.8 cm³/mol. The number of ether oxygens (including phenoxy) is 3. The maximum Gasteiger partial charge on any atom is 0.254 e. The number of methoxy groups -OCH3 is 1. The zero-order chi connectivity index (χ0) is 18.4. The van der Waals surface area contributed by atoms with Crippen molar-refractivity contribution >= 4 is 5.91 Å². The first-order chi connectivity index (χ1) is 12.7. The largest absolute Gasteiger partial charge is 0.493 e. The van der Waals surface area contributed by atoms with Gasteiger partial charge in [-0.3, -0.25) is 4.79 Å². The standard InChI is InChI=1S/C20H24N2O4/c1-24-17-12-16(13-18-19(17)26-11-10-25-18)20(23)22(9-5-8-21)14-15-6-3-2-4-7-15/h2-4,6-7,12-13H,5,8-11,14,21H2,1H3. The van der Waals surface area contributed by atoms with E-state index in [9.17, 15) is 4.79 Å². The predicted octanol–water partition coefficient (Wildman–Crippen LogP) is 2.46. The van der Waals surface area contributed by atoms with Crippen molar-refractivity contribution < 1.29 is 19.0 Å². The molecule has 1 aliphatic heterocycles. The van der Waals surface area contributed by atoms with E-state index in [1.54, 1.807) is 24.1 Å². The maximum atomic E-state index is 13.1. The number of nitrogens with zero attached hydrogens (tertiary/aromatic N) is 1. The van der Waals surface area contributed by atoms with Gasteiger partial charge < -0.3 is 24.8 Å². The average molecular weight is 356 g/mol. The van der Waals surface area contributed by atoms with Gasteiger partial charge in [0.15, 0.2) is 11.5 Å². The summed E-state index contributed by atoms with van der Waals surface area (Å²) in [7, 11) is 1.55. The molecule has 0 saturated carbocycles. The van der Waals surface area contributed by atoms with E-state index < -0.39 is 0 Å². The molecule has 138 valence electrons. The highest BCUT2D eigenvalue weighted by Crippen LogP contribution is 2.40. The van der Waals surface area contributed by atoms with Crippen LogP contribution in [0.1, 0.15) is 22.3 Å². The second-order valence-electron chi connectivity index (χ2n) is 6.06. The first kappa shape index (κ1) is 18.1. The molecule has 0 saturated heterocycles. The number of carbonyl (C=O) groups excluding carboxylic acids is 1. The van der Waals surface area contributed by atoms with Gasteiger partial charge in [-0.05, 0) is 30.7 Å². The molecule has 1 amide bonds. The van der Waals surface area contributed by atoms with Crippen molar-refractivity contribution in [3.8, 4) is 17.2 Å². The van der Waals surface area contributed by atoms with Crippen LogP contribution in [0.5, 0.6) is 17.2 Å². The topological polar surface area (TPSA) is 74.0 Å². The lowest BCUT2D eigenvalue weighted by molar-refractivity contribution is 0.0740. The number of hydrogen-bond donors (Lipinski definition) is 1. The molecular formula is C20H24N2O4. The molecule has 0 unspecified atom stereocenters. The molecule has 0 fully saturated rings. The summed E-state index contributed by atoms with van der Waals surface area (Å²) in [4.78, 5) is 14.9. The molecule has 6 heteroatoms. The van der Waals surface area contributed by atoms with Crippen molar-refractivity contribution in [3.05, 3.63) is 53.6 Å². The lowest BCUT2D eigenvalue weighted by atomic mass is 10.1. The maximum absolute atomic E-state index is 13.1.